The molecule has 6 heteroatoms. The molecule has 6 rings (SSSR count). The number of rotatable bonds is 2. The maximum atomic E-state index is 10.9. The van der Waals surface area contributed by atoms with Gasteiger partial charge in [0.2, 0.25) is 11.8 Å². The van der Waals surface area contributed by atoms with Gasteiger partial charge in [-0.05, 0) is 37.1 Å². The minimum atomic E-state index is 0.0447. The van der Waals surface area contributed by atoms with E-state index in [0.717, 1.165) is 29.7 Å². The third-order valence-electron chi connectivity index (χ3n) is 5.44. The number of halogens is 2. The summed E-state index contributed by atoms with van der Waals surface area (Å²) in [6.07, 6.45) is 9.94. The second kappa shape index (κ2) is 5.60. The predicted molar refractivity (Wildman–Crippen MR) is 102 cm³/mol. The molecule has 2 bridgehead atoms. The number of fused-ring (bicyclic) bond motifs is 1. The summed E-state index contributed by atoms with van der Waals surface area (Å²) < 4.78 is 3.28. The average Bonchev–Trinajstić information content (AvgIpc) is 3.27. The van der Waals surface area contributed by atoms with E-state index in [4.69, 9.17) is 23.2 Å². The SMILES string of the molecule is Oc1c2c(c(O)n1-c1cc(Cl)c(-n3cccc3)cc1Cl)[C@H]1C=C[C@@H]2CC1. The number of benzene rings is 1. The van der Waals surface area contributed by atoms with Crippen molar-refractivity contribution in [3.63, 3.8) is 0 Å². The van der Waals surface area contributed by atoms with Gasteiger partial charge in [-0.3, -0.25) is 0 Å². The van der Waals surface area contributed by atoms with Crippen molar-refractivity contribution in [3.8, 4) is 23.1 Å². The number of hydrogen-bond acceptors (Lipinski definition) is 2. The third kappa shape index (κ3) is 2.09. The molecule has 2 heterocycles. The fourth-order valence-corrected chi connectivity index (χ4v) is 4.73. The van der Waals surface area contributed by atoms with Crippen LogP contribution in [0, 0.1) is 0 Å². The summed E-state index contributed by atoms with van der Waals surface area (Å²) in [4.78, 5) is 0. The topological polar surface area (TPSA) is 50.3 Å². The third-order valence-corrected chi connectivity index (χ3v) is 6.05. The summed E-state index contributed by atoms with van der Waals surface area (Å²) >= 11 is 13.0. The lowest BCUT2D eigenvalue weighted by molar-refractivity contribution is 0.399. The number of aromatic nitrogens is 2. The van der Waals surface area contributed by atoms with Gasteiger partial charge in [-0.1, -0.05) is 35.4 Å². The molecule has 0 amide bonds. The quantitative estimate of drug-likeness (QED) is 0.569. The number of nitrogens with zero attached hydrogens (tertiary/aromatic N) is 2. The molecule has 0 saturated heterocycles. The lowest BCUT2D eigenvalue weighted by Crippen LogP contribution is -2.15. The molecule has 0 spiro atoms. The molecule has 0 aliphatic heterocycles. The zero-order valence-corrected chi connectivity index (χ0v) is 15.2. The Morgan fingerprint density at radius 1 is 0.808 bits per heavy atom. The molecule has 0 unspecified atom stereocenters. The monoisotopic (exact) mass is 386 g/mol. The van der Waals surface area contributed by atoms with E-state index >= 15 is 0 Å². The van der Waals surface area contributed by atoms with Crippen LogP contribution in [-0.4, -0.2) is 19.3 Å². The Morgan fingerprint density at radius 2 is 1.31 bits per heavy atom. The summed E-state index contributed by atoms with van der Waals surface area (Å²) in [6, 6.07) is 7.22. The first-order chi connectivity index (χ1) is 12.6. The van der Waals surface area contributed by atoms with Crippen molar-refractivity contribution < 1.29 is 10.2 Å². The first-order valence-electron chi connectivity index (χ1n) is 8.53. The summed E-state index contributed by atoms with van der Waals surface area (Å²) in [5, 5.41) is 22.6. The van der Waals surface area contributed by atoms with Crippen molar-refractivity contribution in [3.05, 3.63) is 70.0 Å². The van der Waals surface area contributed by atoms with E-state index in [1.807, 2.05) is 29.1 Å². The smallest absolute Gasteiger partial charge is 0.202 e. The molecule has 2 atom stereocenters. The molecule has 0 saturated carbocycles. The fraction of sp³-hybridized carbons (Fsp3) is 0.200. The van der Waals surface area contributed by atoms with Crippen LogP contribution in [0.5, 0.6) is 11.8 Å². The van der Waals surface area contributed by atoms with E-state index in [9.17, 15) is 10.2 Å². The molecule has 26 heavy (non-hydrogen) atoms. The van der Waals surface area contributed by atoms with Crippen LogP contribution in [0.4, 0.5) is 0 Å². The normalized spacial score (nSPS) is 20.5. The highest BCUT2D eigenvalue weighted by atomic mass is 35.5. The second-order valence-electron chi connectivity index (χ2n) is 6.83. The Labute approximate surface area is 160 Å². The minimum Gasteiger partial charge on any atom is -0.494 e. The van der Waals surface area contributed by atoms with E-state index < -0.39 is 0 Å². The maximum Gasteiger partial charge on any atom is 0.202 e. The van der Waals surface area contributed by atoms with Gasteiger partial charge in [-0.15, -0.1) is 0 Å². The number of hydrogen-bond donors (Lipinski definition) is 2. The van der Waals surface area contributed by atoms with Gasteiger partial charge in [0.05, 0.1) is 21.4 Å². The van der Waals surface area contributed by atoms with Gasteiger partial charge >= 0.3 is 0 Å². The second-order valence-corrected chi connectivity index (χ2v) is 7.64. The van der Waals surface area contributed by atoms with E-state index in [1.54, 1.807) is 12.1 Å². The Bertz CT molecular complexity index is 1010. The van der Waals surface area contributed by atoms with Crippen molar-refractivity contribution in [2.75, 3.05) is 0 Å². The van der Waals surface area contributed by atoms with E-state index in [0.29, 0.717) is 15.7 Å². The van der Waals surface area contributed by atoms with Gasteiger partial charge in [-0.25, -0.2) is 4.57 Å². The molecule has 2 aromatic heterocycles. The molecule has 0 fully saturated rings. The van der Waals surface area contributed by atoms with Crippen molar-refractivity contribution >= 4 is 23.2 Å². The molecular formula is C20H16Cl2N2O2. The van der Waals surface area contributed by atoms with Crippen molar-refractivity contribution in [1.29, 1.82) is 0 Å². The molecule has 0 radical (unpaired) electrons. The predicted octanol–water partition coefficient (Wildman–Crippen LogP) is 5.52. The number of allylic oxidation sites excluding steroid dienone is 2. The summed E-state index contributed by atoms with van der Waals surface area (Å²) in [5.41, 5.74) is 2.82. The van der Waals surface area contributed by atoms with Crippen LogP contribution < -0.4 is 0 Å². The van der Waals surface area contributed by atoms with Gasteiger partial charge < -0.3 is 14.8 Å². The summed E-state index contributed by atoms with van der Waals surface area (Å²) in [5.74, 6) is 0.359. The van der Waals surface area contributed by atoms with Crippen LogP contribution in [0.2, 0.25) is 10.0 Å². The van der Waals surface area contributed by atoms with Crippen LogP contribution in [0.15, 0.2) is 48.8 Å². The van der Waals surface area contributed by atoms with E-state index in [2.05, 4.69) is 12.2 Å². The first-order valence-corrected chi connectivity index (χ1v) is 9.29. The summed E-state index contributed by atoms with van der Waals surface area (Å²) in [6.45, 7) is 0. The van der Waals surface area contributed by atoms with Gasteiger partial charge in [-0.2, -0.15) is 0 Å². The van der Waals surface area contributed by atoms with Crippen LogP contribution >= 0.6 is 23.2 Å². The molecule has 4 nitrogen and oxygen atoms in total. The Morgan fingerprint density at radius 3 is 1.85 bits per heavy atom. The zero-order valence-electron chi connectivity index (χ0n) is 13.7. The summed E-state index contributed by atoms with van der Waals surface area (Å²) in [7, 11) is 0. The van der Waals surface area contributed by atoms with Crippen LogP contribution in [-0.2, 0) is 0 Å². The van der Waals surface area contributed by atoms with Gasteiger partial charge in [0, 0.05) is 35.4 Å². The molecule has 2 N–H and O–H groups in total. The molecule has 3 aliphatic carbocycles. The standard InChI is InChI=1S/C20H16Cl2N2O2/c21-13-10-16(14(22)9-15(13)23-7-1-2-8-23)24-19(25)17-11-3-4-12(6-5-11)18(17)20(24)26/h1-4,7-12,25-26H,5-6H2/t11-,12+. The van der Waals surface area contributed by atoms with E-state index in [1.165, 1.54) is 4.57 Å². The minimum absolute atomic E-state index is 0.0447. The van der Waals surface area contributed by atoms with Crippen LogP contribution in [0.1, 0.15) is 35.8 Å². The van der Waals surface area contributed by atoms with Gasteiger partial charge in [0.25, 0.3) is 0 Å². The molecular weight excluding hydrogens is 371 g/mol. The highest BCUT2D eigenvalue weighted by molar-refractivity contribution is 6.36. The molecule has 132 valence electrons. The van der Waals surface area contributed by atoms with Crippen molar-refractivity contribution in [1.82, 2.24) is 9.13 Å². The van der Waals surface area contributed by atoms with Crippen molar-refractivity contribution in [2.45, 2.75) is 24.7 Å². The number of aromatic hydroxyl groups is 2. The lowest BCUT2D eigenvalue weighted by Gasteiger charge is -2.30. The molecule has 3 aliphatic rings. The highest BCUT2D eigenvalue weighted by Gasteiger charge is 2.38. The Balaban J connectivity index is 1.71. The van der Waals surface area contributed by atoms with E-state index in [-0.39, 0.29) is 23.6 Å². The Kier molecular flexibility index (Phi) is 3.43. The zero-order chi connectivity index (χ0) is 18.0. The van der Waals surface area contributed by atoms with Gasteiger partial charge in [0.15, 0.2) is 0 Å². The maximum absolute atomic E-state index is 10.9. The Hall–Kier alpha value is -2.30. The fourth-order valence-electron chi connectivity index (χ4n) is 4.23. The average molecular weight is 387 g/mol. The largest absolute Gasteiger partial charge is 0.494 e. The van der Waals surface area contributed by atoms with Crippen LogP contribution in [0.3, 0.4) is 0 Å². The first kappa shape index (κ1) is 15.9. The molecule has 3 aromatic rings. The highest BCUT2D eigenvalue weighted by Crippen LogP contribution is 2.54. The van der Waals surface area contributed by atoms with Gasteiger partial charge in [0.1, 0.15) is 0 Å². The van der Waals surface area contributed by atoms with Crippen LogP contribution in [0.25, 0.3) is 11.4 Å². The molecule has 1 aromatic carbocycles. The van der Waals surface area contributed by atoms with Crippen molar-refractivity contribution in [2.24, 2.45) is 0 Å². The lowest BCUT2D eigenvalue weighted by atomic mass is 9.73.